The Morgan fingerprint density at radius 1 is 1.55 bits per heavy atom. The predicted molar refractivity (Wildman–Crippen MR) is 82.9 cm³/mol. The highest BCUT2D eigenvalue weighted by Gasteiger charge is 2.36. The van der Waals surface area contributed by atoms with Crippen LogP contribution in [0.5, 0.6) is 0 Å². The molecule has 0 saturated heterocycles. The molecular formula is C14H18N4OS. The van der Waals surface area contributed by atoms with Gasteiger partial charge >= 0.3 is 0 Å². The van der Waals surface area contributed by atoms with Gasteiger partial charge in [-0.3, -0.25) is 9.89 Å². The number of carbonyl (C=O) groups is 1. The lowest BCUT2D eigenvalue weighted by atomic mass is 9.84. The number of benzene rings is 1. The van der Waals surface area contributed by atoms with E-state index in [4.69, 9.17) is 5.73 Å². The van der Waals surface area contributed by atoms with Gasteiger partial charge in [0, 0.05) is 22.4 Å². The van der Waals surface area contributed by atoms with Gasteiger partial charge in [0.05, 0.1) is 5.52 Å². The zero-order chi connectivity index (χ0) is 14.2. The number of aromatic amines is 1. The van der Waals surface area contributed by atoms with Crippen molar-refractivity contribution < 1.29 is 4.79 Å². The number of hydrogen-bond donors (Lipinski definition) is 3. The summed E-state index contributed by atoms with van der Waals surface area (Å²) in [6, 6.07) is 5.41. The Kier molecular flexibility index (Phi) is 3.33. The first-order valence-corrected chi connectivity index (χ1v) is 7.93. The number of H-pyrrole nitrogens is 1. The van der Waals surface area contributed by atoms with Crippen LogP contribution in [-0.4, -0.2) is 33.7 Å². The van der Waals surface area contributed by atoms with Gasteiger partial charge in [-0.15, -0.1) is 0 Å². The number of hydrogen-bond acceptors (Lipinski definition) is 4. The minimum Gasteiger partial charge on any atom is -0.399 e. The summed E-state index contributed by atoms with van der Waals surface area (Å²) >= 11 is 1.84. The molecule has 1 saturated carbocycles. The molecular weight excluding hydrogens is 272 g/mol. The van der Waals surface area contributed by atoms with Crippen LogP contribution in [0.2, 0.25) is 0 Å². The number of amides is 1. The lowest BCUT2D eigenvalue weighted by Gasteiger charge is -2.40. The summed E-state index contributed by atoms with van der Waals surface area (Å²) in [6.07, 6.45) is 5.69. The smallest absolute Gasteiger partial charge is 0.272 e. The minimum absolute atomic E-state index is 0.137. The second kappa shape index (κ2) is 5.01. The number of fused-ring (bicyclic) bond motifs is 1. The number of rotatable bonds is 4. The summed E-state index contributed by atoms with van der Waals surface area (Å²) < 4.78 is 0.223. The minimum atomic E-state index is -0.137. The van der Waals surface area contributed by atoms with E-state index in [9.17, 15) is 4.79 Å². The van der Waals surface area contributed by atoms with E-state index in [0.717, 1.165) is 10.9 Å². The van der Waals surface area contributed by atoms with Crippen molar-refractivity contribution in [2.45, 2.75) is 24.0 Å². The van der Waals surface area contributed by atoms with Crippen molar-refractivity contribution in [1.82, 2.24) is 15.5 Å². The van der Waals surface area contributed by atoms with Gasteiger partial charge in [-0.25, -0.2) is 0 Å². The summed E-state index contributed by atoms with van der Waals surface area (Å²) in [5.41, 5.74) is 7.65. The van der Waals surface area contributed by atoms with E-state index in [-0.39, 0.29) is 10.7 Å². The molecule has 0 unspecified atom stereocenters. The molecule has 0 spiro atoms. The van der Waals surface area contributed by atoms with Crippen LogP contribution in [0.4, 0.5) is 5.69 Å². The average Bonchev–Trinajstić information content (AvgIpc) is 2.80. The number of nitrogens with one attached hydrogen (secondary N) is 2. The van der Waals surface area contributed by atoms with Crippen molar-refractivity contribution in [1.29, 1.82) is 0 Å². The molecule has 0 aliphatic heterocycles. The first-order chi connectivity index (χ1) is 9.63. The number of nitrogen functional groups attached to an aromatic ring is 1. The fourth-order valence-corrected chi connectivity index (χ4v) is 3.47. The molecule has 20 heavy (non-hydrogen) atoms. The van der Waals surface area contributed by atoms with Crippen molar-refractivity contribution in [2.75, 3.05) is 18.5 Å². The second-order valence-corrected chi connectivity index (χ2v) is 6.57. The monoisotopic (exact) mass is 290 g/mol. The molecule has 0 radical (unpaired) electrons. The molecule has 0 bridgehead atoms. The SMILES string of the molecule is CSC1(CNC(=O)c2n[nH]c3ccc(N)cc23)CCC1. The van der Waals surface area contributed by atoms with Gasteiger partial charge in [-0.05, 0) is 37.3 Å². The van der Waals surface area contributed by atoms with Crippen LogP contribution in [0.15, 0.2) is 18.2 Å². The fourth-order valence-electron chi connectivity index (χ4n) is 2.55. The van der Waals surface area contributed by atoms with Gasteiger partial charge in [0.25, 0.3) is 5.91 Å². The van der Waals surface area contributed by atoms with Gasteiger partial charge in [0.15, 0.2) is 5.69 Å². The van der Waals surface area contributed by atoms with E-state index in [0.29, 0.717) is 17.9 Å². The number of aromatic nitrogens is 2. The third kappa shape index (κ3) is 2.24. The molecule has 3 rings (SSSR count). The van der Waals surface area contributed by atoms with Crippen LogP contribution in [0, 0.1) is 0 Å². The Morgan fingerprint density at radius 2 is 2.35 bits per heavy atom. The van der Waals surface area contributed by atoms with Gasteiger partial charge < -0.3 is 11.1 Å². The molecule has 5 nitrogen and oxygen atoms in total. The Morgan fingerprint density at radius 3 is 3.00 bits per heavy atom. The second-order valence-electron chi connectivity index (χ2n) is 5.30. The molecule has 1 aliphatic carbocycles. The molecule has 1 heterocycles. The van der Waals surface area contributed by atoms with Crippen molar-refractivity contribution >= 4 is 34.3 Å². The summed E-state index contributed by atoms with van der Waals surface area (Å²) in [7, 11) is 0. The van der Waals surface area contributed by atoms with Crippen LogP contribution < -0.4 is 11.1 Å². The molecule has 106 valence electrons. The normalized spacial score (nSPS) is 16.9. The van der Waals surface area contributed by atoms with Crippen molar-refractivity contribution in [3.8, 4) is 0 Å². The van der Waals surface area contributed by atoms with Crippen molar-refractivity contribution in [3.63, 3.8) is 0 Å². The number of nitrogens with zero attached hydrogens (tertiary/aromatic N) is 1. The van der Waals surface area contributed by atoms with Crippen molar-refractivity contribution in [2.24, 2.45) is 0 Å². The van der Waals surface area contributed by atoms with E-state index < -0.39 is 0 Å². The maximum atomic E-state index is 12.3. The number of nitrogens with two attached hydrogens (primary N) is 1. The largest absolute Gasteiger partial charge is 0.399 e. The number of carbonyl (C=O) groups excluding carboxylic acids is 1. The summed E-state index contributed by atoms with van der Waals surface area (Å²) in [5, 5.41) is 10.8. The summed E-state index contributed by atoms with van der Waals surface area (Å²) in [5.74, 6) is -0.137. The lowest BCUT2D eigenvalue weighted by Crippen LogP contribution is -2.45. The Bertz CT molecular complexity index is 642. The Labute approximate surface area is 121 Å². The Balaban J connectivity index is 1.77. The Hall–Kier alpha value is -1.69. The van der Waals surface area contributed by atoms with Crippen LogP contribution in [0.25, 0.3) is 10.9 Å². The zero-order valence-corrected chi connectivity index (χ0v) is 12.2. The predicted octanol–water partition coefficient (Wildman–Crippen LogP) is 2.16. The highest BCUT2D eigenvalue weighted by atomic mass is 32.2. The van der Waals surface area contributed by atoms with Gasteiger partial charge in [0.1, 0.15) is 0 Å². The quantitative estimate of drug-likeness (QED) is 0.753. The molecule has 2 aromatic rings. The fraction of sp³-hybridized carbons (Fsp3) is 0.429. The average molecular weight is 290 g/mol. The van der Waals surface area contributed by atoms with Crippen LogP contribution in [-0.2, 0) is 0 Å². The molecule has 0 atom stereocenters. The third-order valence-electron chi connectivity index (χ3n) is 4.07. The van der Waals surface area contributed by atoms with E-state index in [2.05, 4.69) is 21.8 Å². The highest BCUT2D eigenvalue weighted by Crippen LogP contribution is 2.42. The van der Waals surface area contributed by atoms with Crippen LogP contribution in [0.3, 0.4) is 0 Å². The van der Waals surface area contributed by atoms with Gasteiger partial charge in [-0.2, -0.15) is 16.9 Å². The van der Waals surface area contributed by atoms with Crippen LogP contribution >= 0.6 is 11.8 Å². The standard InChI is InChI=1S/C14H18N4OS/c1-20-14(5-2-6-14)8-16-13(19)12-10-7-9(15)3-4-11(10)17-18-12/h3-4,7H,2,5-6,8,15H2,1H3,(H,16,19)(H,17,18). The van der Waals surface area contributed by atoms with E-state index in [1.165, 1.54) is 19.3 Å². The van der Waals surface area contributed by atoms with Crippen LogP contribution in [0.1, 0.15) is 29.8 Å². The molecule has 1 fully saturated rings. The van der Waals surface area contributed by atoms with E-state index in [1.807, 2.05) is 17.8 Å². The maximum absolute atomic E-state index is 12.3. The molecule has 4 N–H and O–H groups in total. The first kappa shape index (κ1) is 13.3. The molecule has 1 aromatic heterocycles. The number of anilines is 1. The summed E-state index contributed by atoms with van der Waals surface area (Å²) in [6.45, 7) is 0.698. The highest BCUT2D eigenvalue weighted by molar-refractivity contribution is 8.00. The topological polar surface area (TPSA) is 83.8 Å². The van der Waals surface area contributed by atoms with E-state index >= 15 is 0 Å². The van der Waals surface area contributed by atoms with Gasteiger partial charge in [0.2, 0.25) is 0 Å². The zero-order valence-electron chi connectivity index (χ0n) is 11.4. The molecule has 1 aliphatic rings. The first-order valence-electron chi connectivity index (χ1n) is 6.70. The number of thioether (sulfide) groups is 1. The molecule has 1 aromatic carbocycles. The van der Waals surface area contributed by atoms with E-state index in [1.54, 1.807) is 12.1 Å². The van der Waals surface area contributed by atoms with Gasteiger partial charge in [-0.1, -0.05) is 6.42 Å². The molecule has 6 heteroatoms. The maximum Gasteiger partial charge on any atom is 0.272 e. The third-order valence-corrected chi connectivity index (χ3v) is 5.49. The lowest BCUT2D eigenvalue weighted by molar-refractivity contribution is 0.0940. The molecule has 1 amide bonds. The summed E-state index contributed by atoms with van der Waals surface area (Å²) in [4.78, 5) is 12.3. The van der Waals surface area contributed by atoms with Crippen molar-refractivity contribution in [3.05, 3.63) is 23.9 Å².